The molecule has 1 aromatic carbocycles. The maximum Gasteiger partial charge on any atom is 0.0928 e. The molecule has 0 amide bonds. The summed E-state index contributed by atoms with van der Waals surface area (Å²) in [5, 5.41) is 12.2. The molecule has 1 N–H and O–H groups in total. The topological polar surface area (TPSA) is 54.3 Å². The molecule has 1 rings (SSSR count). The van der Waals surface area contributed by atoms with Gasteiger partial charge in [0.25, 0.3) is 0 Å². The van der Waals surface area contributed by atoms with Crippen LogP contribution < -0.4 is 5.32 Å². The number of methoxy groups -OCH3 is 2. The third-order valence-electron chi connectivity index (χ3n) is 2.78. The van der Waals surface area contributed by atoms with Crippen molar-refractivity contribution in [3.8, 4) is 6.07 Å². The van der Waals surface area contributed by atoms with E-state index in [1.165, 1.54) is 0 Å². The zero-order valence-electron chi connectivity index (χ0n) is 10.9. The normalized spacial score (nSPS) is 13.8. The molecule has 0 aliphatic carbocycles. The van der Waals surface area contributed by atoms with Crippen LogP contribution >= 0.6 is 0 Å². The Kier molecular flexibility index (Phi) is 7.04. The summed E-state index contributed by atoms with van der Waals surface area (Å²) in [7, 11) is 3.31. The average Bonchev–Trinajstić information content (AvgIpc) is 2.43. The van der Waals surface area contributed by atoms with Crippen LogP contribution in [0.4, 0.5) is 0 Å². The third-order valence-corrected chi connectivity index (χ3v) is 2.78. The van der Waals surface area contributed by atoms with Gasteiger partial charge in [0.1, 0.15) is 0 Å². The summed E-state index contributed by atoms with van der Waals surface area (Å²) < 4.78 is 10.3. The highest BCUT2D eigenvalue weighted by Crippen LogP contribution is 2.15. The van der Waals surface area contributed by atoms with Crippen molar-refractivity contribution in [2.24, 2.45) is 0 Å². The van der Waals surface area contributed by atoms with Gasteiger partial charge in [-0.05, 0) is 5.56 Å². The molecule has 98 valence electrons. The van der Waals surface area contributed by atoms with Crippen molar-refractivity contribution in [3.63, 3.8) is 0 Å². The standard InChI is InChI=1S/C14H20N2O2/c1-17-11-13(18-2)10-16-14(8-9-15)12-6-4-3-5-7-12/h3-7,13-14,16H,8,10-11H2,1-2H3. The van der Waals surface area contributed by atoms with E-state index in [-0.39, 0.29) is 12.1 Å². The van der Waals surface area contributed by atoms with E-state index in [0.717, 1.165) is 5.56 Å². The number of nitrogens with one attached hydrogen (secondary N) is 1. The van der Waals surface area contributed by atoms with Crippen LogP contribution in [-0.4, -0.2) is 33.5 Å². The lowest BCUT2D eigenvalue weighted by Crippen LogP contribution is -2.34. The molecule has 0 aliphatic rings. The van der Waals surface area contributed by atoms with Gasteiger partial charge >= 0.3 is 0 Å². The minimum absolute atomic E-state index is 0.0000879. The minimum atomic E-state index is -0.0000879. The van der Waals surface area contributed by atoms with Crippen molar-refractivity contribution < 1.29 is 9.47 Å². The quantitative estimate of drug-likeness (QED) is 0.763. The zero-order valence-corrected chi connectivity index (χ0v) is 10.9. The number of nitriles is 1. The number of ether oxygens (including phenoxy) is 2. The second-order valence-electron chi connectivity index (χ2n) is 4.05. The fourth-order valence-electron chi connectivity index (χ4n) is 1.75. The van der Waals surface area contributed by atoms with E-state index < -0.39 is 0 Å². The average molecular weight is 248 g/mol. The maximum atomic E-state index is 8.88. The van der Waals surface area contributed by atoms with Gasteiger partial charge in [0, 0.05) is 26.8 Å². The molecule has 0 aliphatic heterocycles. The number of benzene rings is 1. The van der Waals surface area contributed by atoms with Crippen molar-refractivity contribution in [1.82, 2.24) is 5.32 Å². The first kappa shape index (κ1) is 14.7. The Morgan fingerprint density at radius 2 is 2.00 bits per heavy atom. The van der Waals surface area contributed by atoms with Crippen LogP contribution in [0.25, 0.3) is 0 Å². The number of rotatable bonds is 8. The molecule has 1 aromatic rings. The summed E-state index contributed by atoms with van der Waals surface area (Å²) in [6, 6.07) is 12.2. The first-order chi connectivity index (χ1) is 8.81. The summed E-state index contributed by atoms with van der Waals surface area (Å²) in [5.41, 5.74) is 1.12. The summed E-state index contributed by atoms with van der Waals surface area (Å²) in [5.74, 6) is 0. The number of hydrogen-bond acceptors (Lipinski definition) is 4. The number of hydrogen-bond donors (Lipinski definition) is 1. The molecule has 0 aromatic heterocycles. The molecule has 4 heteroatoms. The van der Waals surface area contributed by atoms with Gasteiger partial charge in [-0.2, -0.15) is 5.26 Å². The lowest BCUT2D eigenvalue weighted by Gasteiger charge is -2.20. The van der Waals surface area contributed by atoms with Crippen molar-refractivity contribution in [2.75, 3.05) is 27.4 Å². The summed E-state index contributed by atoms with van der Waals surface area (Å²) >= 11 is 0. The lowest BCUT2D eigenvalue weighted by atomic mass is 10.0. The maximum absolute atomic E-state index is 8.88. The fraction of sp³-hybridized carbons (Fsp3) is 0.500. The molecule has 0 heterocycles. The highest BCUT2D eigenvalue weighted by Gasteiger charge is 2.13. The third kappa shape index (κ3) is 4.84. The molecular formula is C14H20N2O2. The summed E-state index contributed by atoms with van der Waals surface area (Å²) in [6.07, 6.45) is 0.438. The largest absolute Gasteiger partial charge is 0.382 e. The SMILES string of the molecule is COCC(CNC(CC#N)c1ccccc1)OC. The molecule has 4 nitrogen and oxygen atoms in total. The Hall–Kier alpha value is -1.41. The van der Waals surface area contributed by atoms with Gasteiger partial charge in [0.2, 0.25) is 0 Å². The van der Waals surface area contributed by atoms with E-state index in [0.29, 0.717) is 19.6 Å². The Morgan fingerprint density at radius 1 is 1.28 bits per heavy atom. The Morgan fingerprint density at radius 3 is 2.56 bits per heavy atom. The molecular weight excluding hydrogens is 228 g/mol. The molecule has 0 saturated heterocycles. The van der Waals surface area contributed by atoms with Crippen LogP contribution in [0.3, 0.4) is 0 Å². The Bertz CT molecular complexity index is 362. The van der Waals surface area contributed by atoms with Gasteiger partial charge in [-0.15, -0.1) is 0 Å². The van der Waals surface area contributed by atoms with E-state index in [2.05, 4.69) is 11.4 Å². The zero-order chi connectivity index (χ0) is 13.2. The first-order valence-corrected chi connectivity index (χ1v) is 5.98. The van der Waals surface area contributed by atoms with Crippen LogP contribution in [0.5, 0.6) is 0 Å². The van der Waals surface area contributed by atoms with Crippen LogP contribution in [0, 0.1) is 11.3 Å². The van der Waals surface area contributed by atoms with Crippen molar-refractivity contribution in [1.29, 1.82) is 5.26 Å². The summed E-state index contributed by atoms with van der Waals surface area (Å²) in [6.45, 7) is 1.20. The van der Waals surface area contributed by atoms with Crippen LogP contribution in [0.1, 0.15) is 18.0 Å². The van der Waals surface area contributed by atoms with Crippen LogP contribution in [0.2, 0.25) is 0 Å². The molecule has 0 spiro atoms. The minimum Gasteiger partial charge on any atom is -0.382 e. The van der Waals surface area contributed by atoms with E-state index in [9.17, 15) is 0 Å². The second kappa shape index (κ2) is 8.65. The van der Waals surface area contributed by atoms with E-state index in [1.54, 1.807) is 14.2 Å². The van der Waals surface area contributed by atoms with Gasteiger partial charge in [-0.1, -0.05) is 30.3 Å². The van der Waals surface area contributed by atoms with Crippen molar-refractivity contribution in [3.05, 3.63) is 35.9 Å². The molecule has 0 bridgehead atoms. The predicted octanol–water partition coefficient (Wildman–Crippen LogP) is 1.89. The lowest BCUT2D eigenvalue weighted by molar-refractivity contribution is 0.0274. The molecule has 2 atom stereocenters. The monoisotopic (exact) mass is 248 g/mol. The van der Waals surface area contributed by atoms with Crippen molar-refractivity contribution >= 4 is 0 Å². The van der Waals surface area contributed by atoms with Gasteiger partial charge in [-0.3, -0.25) is 0 Å². The molecule has 0 fully saturated rings. The van der Waals surface area contributed by atoms with Gasteiger partial charge in [0.15, 0.2) is 0 Å². The van der Waals surface area contributed by atoms with Gasteiger partial charge in [-0.25, -0.2) is 0 Å². The highest BCUT2D eigenvalue weighted by atomic mass is 16.5. The predicted molar refractivity (Wildman–Crippen MR) is 70.1 cm³/mol. The van der Waals surface area contributed by atoms with Crippen molar-refractivity contribution in [2.45, 2.75) is 18.6 Å². The van der Waals surface area contributed by atoms with Gasteiger partial charge < -0.3 is 14.8 Å². The highest BCUT2D eigenvalue weighted by molar-refractivity contribution is 5.19. The van der Waals surface area contributed by atoms with Crippen LogP contribution in [-0.2, 0) is 9.47 Å². The fourth-order valence-corrected chi connectivity index (χ4v) is 1.75. The number of nitrogens with zero attached hydrogens (tertiary/aromatic N) is 1. The Balaban J connectivity index is 2.56. The smallest absolute Gasteiger partial charge is 0.0928 e. The summed E-state index contributed by atoms with van der Waals surface area (Å²) in [4.78, 5) is 0. The molecule has 18 heavy (non-hydrogen) atoms. The first-order valence-electron chi connectivity index (χ1n) is 5.98. The van der Waals surface area contributed by atoms with Crippen LogP contribution in [0.15, 0.2) is 30.3 Å². The van der Waals surface area contributed by atoms with E-state index in [4.69, 9.17) is 14.7 Å². The Labute approximate surface area is 109 Å². The van der Waals surface area contributed by atoms with E-state index in [1.807, 2.05) is 30.3 Å². The molecule has 2 unspecified atom stereocenters. The molecule has 0 radical (unpaired) electrons. The van der Waals surface area contributed by atoms with Gasteiger partial charge in [0.05, 0.1) is 25.2 Å². The molecule has 0 saturated carbocycles. The van der Waals surface area contributed by atoms with E-state index >= 15 is 0 Å². The second-order valence-corrected chi connectivity index (χ2v) is 4.05.